The number of rotatable bonds is 8. The number of aromatic nitrogens is 2. The lowest BCUT2D eigenvalue weighted by Crippen LogP contribution is -2.43. The van der Waals surface area contributed by atoms with Crippen LogP contribution in [0, 0.1) is 11.6 Å². The minimum Gasteiger partial charge on any atom is -0.353 e. The van der Waals surface area contributed by atoms with E-state index in [9.17, 15) is 17.6 Å². The highest BCUT2D eigenvalue weighted by Crippen LogP contribution is 2.24. The molecule has 0 spiro atoms. The maximum Gasteiger partial charge on any atom is 0.201 e. The molecule has 2 heterocycles. The molecule has 0 unspecified atom stereocenters. The van der Waals surface area contributed by atoms with Crippen LogP contribution < -0.4 is 14.9 Å². The number of piperazine rings is 1. The number of carbonyl (C=O) groups excluding carboxylic acids is 1. The molecule has 0 amide bonds. The first-order valence-electron chi connectivity index (χ1n) is 10.6. The van der Waals surface area contributed by atoms with E-state index < -0.39 is 33.9 Å². The van der Waals surface area contributed by atoms with Gasteiger partial charge in [-0.3, -0.25) is 9.78 Å². The molecule has 8 nitrogen and oxygen atoms in total. The van der Waals surface area contributed by atoms with E-state index in [2.05, 4.69) is 24.9 Å². The fourth-order valence-corrected chi connectivity index (χ4v) is 4.12. The first-order chi connectivity index (χ1) is 15.9. The summed E-state index contributed by atoms with van der Waals surface area (Å²) in [4.78, 5) is 24.1. The number of carbonyl (C=O) groups is 1. The zero-order valence-corrected chi connectivity index (χ0v) is 18.6. The summed E-state index contributed by atoms with van der Waals surface area (Å²) >= 11 is 0. The Morgan fingerprint density at radius 2 is 1.91 bits per heavy atom. The molecule has 2 aromatic carbocycles. The van der Waals surface area contributed by atoms with Crippen molar-refractivity contribution in [2.24, 2.45) is 0 Å². The van der Waals surface area contributed by atoms with Gasteiger partial charge in [0.05, 0.1) is 22.8 Å². The number of fused-ring (bicyclic) bond motifs is 1. The van der Waals surface area contributed by atoms with Crippen molar-refractivity contribution in [3.63, 3.8) is 0 Å². The molecule has 1 aliphatic rings. The predicted octanol–water partition coefficient (Wildman–Crippen LogP) is 1.60. The van der Waals surface area contributed by atoms with Crippen molar-refractivity contribution in [2.45, 2.75) is 12.8 Å². The SMILES string of the molecule is O=C(c1ccc2ncc(N3CCNCC3)nc2c1)c1c(F)ccc(CCCN[SH](=O)=O)c1F. The summed E-state index contributed by atoms with van der Waals surface area (Å²) in [5.74, 6) is -2.00. The van der Waals surface area contributed by atoms with Gasteiger partial charge in [-0.25, -0.2) is 26.9 Å². The lowest BCUT2D eigenvalue weighted by Gasteiger charge is -2.28. The van der Waals surface area contributed by atoms with Gasteiger partial charge in [0, 0.05) is 38.3 Å². The summed E-state index contributed by atoms with van der Waals surface area (Å²) in [5.41, 5.74) is 0.649. The Labute approximate surface area is 191 Å². The van der Waals surface area contributed by atoms with Gasteiger partial charge in [-0.1, -0.05) is 6.07 Å². The molecule has 1 fully saturated rings. The second-order valence-corrected chi connectivity index (χ2v) is 8.49. The van der Waals surface area contributed by atoms with E-state index >= 15 is 4.39 Å². The molecule has 3 aromatic rings. The number of hydrogen-bond donors (Lipinski definition) is 3. The second kappa shape index (κ2) is 10.3. The van der Waals surface area contributed by atoms with Gasteiger partial charge in [-0.15, -0.1) is 0 Å². The molecule has 33 heavy (non-hydrogen) atoms. The van der Waals surface area contributed by atoms with Crippen LogP contribution in [0.25, 0.3) is 11.0 Å². The molecule has 0 bridgehead atoms. The first-order valence-corrected chi connectivity index (χ1v) is 11.7. The third-order valence-electron chi connectivity index (χ3n) is 5.49. The van der Waals surface area contributed by atoms with Crippen LogP contribution in [0.3, 0.4) is 0 Å². The van der Waals surface area contributed by atoms with Gasteiger partial charge in [0.25, 0.3) is 0 Å². The number of benzene rings is 2. The van der Waals surface area contributed by atoms with Gasteiger partial charge in [0.15, 0.2) is 5.78 Å². The van der Waals surface area contributed by atoms with Crippen LogP contribution in [-0.2, 0) is 17.3 Å². The normalized spacial score (nSPS) is 14.2. The van der Waals surface area contributed by atoms with Crippen molar-refractivity contribution >= 4 is 33.5 Å². The summed E-state index contributed by atoms with van der Waals surface area (Å²) in [6.07, 6.45) is 2.13. The predicted molar refractivity (Wildman–Crippen MR) is 121 cm³/mol. The number of nitrogens with one attached hydrogen (secondary N) is 2. The third kappa shape index (κ3) is 5.32. The molecule has 0 atom stereocenters. The Morgan fingerprint density at radius 3 is 2.67 bits per heavy atom. The van der Waals surface area contributed by atoms with E-state index in [1.54, 1.807) is 12.3 Å². The monoisotopic (exact) mass is 475 g/mol. The van der Waals surface area contributed by atoms with Crippen molar-refractivity contribution < 1.29 is 22.0 Å². The average molecular weight is 476 g/mol. The van der Waals surface area contributed by atoms with E-state index in [0.29, 0.717) is 23.3 Å². The van der Waals surface area contributed by atoms with E-state index in [0.717, 1.165) is 32.2 Å². The number of halogens is 2. The largest absolute Gasteiger partial charge is 0.353 e. The van der Waals surface area contributed by atoms with Crippen LogP contribution in [0.4, 0.5) is 14.6 Å². The van der Waals surface area contributed by atoms with E-state index in [1.165, 1.54) is 18.2 Å². The van der Waals surface area contributed by atoms with Crippen LogP contribution in [0.2, 0.25) is 0 Å². The second-order valence-electron chi connectivity index (χ2n) is 7.66. The standard InChI is InChI=1S/C22H23F2N5O3S/c23-16-5-3-14(2-1-7-27-33(31)32)21(24)20(16)22(30)15-4-6-17-18(12-15)28-19(13-26-17)29-10-8-25-9-11-29/h3-6,12-13,25,33H,1-2,7-11H2,(H,27,31,32). The van der Waals surface area contributed by atoms with Gasteiger partial charge < -0.3 is 10.2 Å². The third-order valence-corrected chi connectivity index (χ3v) is 5.98. The topological polar surface area (TPSA) is 104 Å². The van der Waals surface area contributed by atoms with Gasteiger partial charge in [0.2, 0.25) is 10.9 Å². The van der Waals surface area contributed by atoms with Crippen LogP contribution in [0.1, 0.15) is 27.9 Å². The summed E-state index contributed by atoms with van der Waals surface area (Å²) in [6, 6.07) is 6.90. The molecule has 1 aromatic heterocycles. The number of nitrogens with zero attached hydrogens (tertiary/aromatic N) is 3. The number of hydrogen-bond acceptors (Lipinski definition) is 7. The van der Waals surface area contributed by atoms with Gasteiger partial charge in [0.1, 0.15) is 17.5 Å². The molecule has 4 rings (SSSR count). The molecule has 1 saturated heterocycles. The Hall–Kier alpha value is -3.02. The van der Waals surface area contributed by atoms with Crippen molar-refractivity contribution in [3.8, 4) is 0 Å². The van der Waals surface area contributed by atoms with Crippen LogP contribution in [-0.4, -0.2) is 56.9 Å². The van der Waals surface area contributed by atoms with Crippen LogP contribution in [0.15, 0.2) is 36.5 Å². The highest BCUT2D eigenvalue weighted by Gasteiger charge is 2.22. The highest BCUT2D eigenvalue weighted by atomic mass is 32.2. The van der Waals surface area contributed by atoms with Crippen molar-refractivity contribution in [1.82, 2.24) is 20.0 Å². The first kappa shape index (κ1) is 23.1. The Bertz CT molecular complexity index is 1250. The van der Waals surface area contributed by atoms with Crippen molar-refractivity contribution in [2.75, 3.05) is 37.6 Å². The van der Waals surface area contributed by atoms with Crippen molar-refractivity contribution in [3.05, 3.63) is 64.9 Å². The van der Waals surface area contributed by atoms with E-state index in [4.69, 9.17) is 0 Å². The van der Waals surface area contributed by atoms with E-state index in [1.807, 2.05) is 0 Å². The lowest BCUT2D eigenvalue weighted by molar-refractivity contribution is 0.103. The van der Waals surface area contributed by atoms with Gasteiger partial charge >= 0.3 is 0 Å². The number of aryl methyl sites for hydroxylation is 1. The van der Waals surface area contributed by atoms with Crippen LogP contribution in [0.5, 0.6) is 0 Å². The molecule has 2 N–H and O–H groups in total. The minimum atomic E-state index is -2.74. The molecule has 1 aliphatic heterocycles. The van der Waals surface area contributed by atoms with E-state index in [-0.39, 0.29) is 24.1 Å². The van der Waals surface area contributed by atoms with Gasteiger partial charge in [-0.2, -0.15) is 0 Å². The summed E-state index contributed by atoms with van der Waals surface area (Å²) < 4.78 is 52.9. The molecule has 11 heteroatoms. The lowest BCUT2D eigenvalue weighted by atomic mass is 9.97. The highest BCUT2D eigenvalue weighted by molar-refractivity contribution is 7.70. The molecule has 0 aliphatic carbocycles. The molecule has 0 saturated carbocycles. The number of ketones is 1. The smallest absolute Gasteiger partial charge is 0.201 e. The summed E-state index contributed by atoms with van der Waals surface area (Å²) in [5, 5.41) is 3.26. The Morgan fingerprint density at radius 1 is 1.12 bits per heavy atom. The quantitative estimate of drug-likeness (QED) is 0.258. The Kier molecular flexibility index (Phi) is 7.21. The zero-order valence-electron chi connectivity index (χ0n) is 17.7. The zero-order chi connectivity index (χ0) is 23.4. The van der Waals surface area contributed by atoms with Gasteiger partial charge in [-0.05, 0) is 42.7 Å². The fourth-order valence-electron chi connectivity index (χ4n) is 3.78. The molecule has 174 valence electrons. The maximum absolute atomic E-state index is 15.0. The molecule has 0 radical (unpaired) electrons. The number of anilines is 1. The number of thiol groups is 1. The Balaban J connectivity index is 1.61. The molecular weight excluding hydrogens is 452 g/mol. The summed E-state index contributed by atoms with van der Waals surface area (Å²) in [7, 11) is -2.74. The average Bonchev–Trinajstić information content (AvgIpc) is 2.82. The maximum atomic E-state index is 15.0. The minimum absolute atomic E-state index is 0.106. The summed E-state index contributed by atoms with van der Waals surface area (Å²) in [6.45, 7) is 3.35. The van der Waals surface area contributed by atoms with Crippen molar-refractivity contribution in [1.29, 1.82) is 0 Å². The van der Waals surface area contributed by atoms with Crippen LogP contribution >= 0.6 is 0 Å². The fraction of sp³-hybridized carbons (Fsp3) is 0.318. The molecular formula is C22H23F2N5O3S.